The van der Waals surface area contributed by atoms with Crippen molar-refractivity contribution >= 4 is 17.9 Å². The molecule has 3 aliphatic heterocycles. The predicted octanol–water partition coefficient (Wildman–Crippen LogP) is 5.68. The summed E-state index contributed by atoms with van der Waals surface area (Å²) in [5, 5.41) is 0. The maximum Gasteiger partial charge on any atom is 0.330 e. The van der Waals surface area contributed by atoms with Gasteiger partial charge in [0.15, 0.2) is 0 Å². The van der Waals surface area contributed by atoms with Gasteiger partial charge in [-0.25, -0.2) is 4.79 Å². The first-order chi connectivity index (χ1) is 19.4. The summed E-state index contributed by atoms with van der Waals surface area (Å²) in [5.41, 5.74) is -0.579. The summed E-state index contributed by atoms with van der Waals surface area (Å²) < 4.78 is 30.3. The Morgan fingerprint density at radius 3 is 2.21 bits per heavy atom. The number of hydrogen-bond donors (Lipinski definition) is 0. The Morgan fingerprint density at radius 1 is 0.929 bits per heavy atom. The molecule has 0 aromatic heterocycles. The summed E-state index contributed by atoms with van der Waals surface area (Å²) in [5.74, 6) is -0.605. The van der Waals surface area contributed by atoms with Gasteiger partial charge in [0, 0.05) is 37.2 Å². The van der Waals surface area contributed by atoms with E-state index in [-0.39, 0.29) is 76.3 Å². The lowest BCUT2D eigenvalue weighted by Crippen LogP contribution is -2.64. The van der Waals surface area contributed by atoms with Gasteiger partial charge < -0.3 is 23.7 Å². The molecule has 3 aliphatic carbocycles. The number of epoxide rings is 1. The second kappa shape index (κ2) is 9.40. The molecule has 0 bridgehead atoms. The van der Waals surface area contributed by atoms with E-state index in [4.69, 9.17) is 23.7 Å². The van der Waals surface area contributed by atoms with E-state index in [0.717, 1.165) is 25.7 Å². The first kappa shape index (κ1) is 29.9. The van der Waals surface area contributed by atoms with E-state index in [2.05, 4.69) is 46.8 Å². The maximum absolute atomic E-state index is 12.7. The van der Waals surface area contributed by atoms with Crippen LogP contribution in [0.25, 0.3) is 0 Å². The van der Waals surface area contributed by atoms with Crippen LogP contribution in [0.4, 0.5) is 0 Å². The van der Waals surface area contributed by atoms with Crippen LogP contribution >= 0.6 is 0 Å². The van der Waals surface area contributed by atoms with Crippen LogP contribution in [-0.4, -0.2) is 53.7 Å². The average Bonchev–Trinajstić information content (AvgIpc) is 3.16. The van der Waals surface area contributed by atoms with Gasteiger partial charge in [-0.2, -0.15) is 0 Å². The lowest BCUT2D eigenvalue weighted by molar-refractivity contribution is -0.203. The highest BCUT2D eigenvalue weighted by atomic mass is 16.7. The minimum absolute atomic E-state index is 0.00525. The fourth-order valence-electron chi connectivity index (χ4n) is 10.6. The van der Waals surface area contributed by atoms with Gasteiger partial charge in [0.05, 0.1) is 11.7 Å². The Morgan fingerprint density at radius 2 is 1.60 bits per heavy atom. The van der Waals surface area contributed by atoms with E-state index in [1.54, 1.807) is 6.08 Å². The van der Waals surface area contributed by atoms with Gasteiger partial charge in [-0.15, -0.1) is 0 Å². The SMILES string of the molecule is CC(=O)O[C@H]1O[C@@H]([C@@H]2OC2(C)C)C[C@H]1[C@@H]1CC=C2[C@@]3(C)[C@H](CC[C@]21C)[C@@]1(C)C=CC(=O)OC(C)(C)[C@@H]1C[C@H]3OC(C)=O. The highest BCUT2D eigenvalue weighted by Gasteiger charge is 2.69. The Balaban J connectivity index is 1.38. The average molecular weight is 585 g/mol. The van der Waals surface area contributed by atoms with E-state index < -0.39 is 17.3 Å². The first-order valence-corrected chi connectivity index (χ1v) is 15.7. The van der Waals surface area contributed by atoms with Crippen LogP contribution in [0.3, 0.4) is 0 Å². The number of ether oxygens (including phenoxy) is 5. The van der Waals surface area contributed by atoms with Crippen LogP contribution in [0.1, 0.15) is 94.4 Å². The fraction of sp³-hybridized carbons (Fsp3) is 0.794. The summed E-state index contributed by atoms with van der Waals surface area (Å²) in [7, 11) is 0. The fourth-order valence-corrected chi connectivity index (χ4v) is 10.6. The molecule has 42 heavy (non-hydrogen) atoms. The molecule has 232 valence electrons. The third kappa shape index (κ3) is 4.33. The number of allylic oxidation sites excluding steroid dienone is 2. The Hall–Kier alpha value is -2.19. The number of rotatable bonds is 4. The molecule has 0 unspecified atom stereocenters. The van der Waals surface area contributed by atoms with Gasteiger partial charge in [-0.1, -0.05) is 38.5 Å². The highest BCUT2D eigenvalue weighted by Crippen LogP contribution is 2.72. The zero-order chi connectivity index (χ0) is 30.6. The van der Waals surface area contributed by atoms with E-state index in [0.29, 0.717) is 6.42 Å². The number of fused-ring (bicyclic) bond motifs is 5. The van der Waals surface area contributed by atoms with E-state index >= 15 is 0 Å². The van der Waals surface area contributed by atoms with Crippen molar-refractivity contribution in [2.24, 2.45) is 39.9 Å². The molecule has 3 heterocycles. The monoisotopic (exact) mass is 584 g/mol. The molecule has 2 saturated carbocycles. The molecule has 11 atom stereocenters. The second-order valence-electron chi connectivity index (χ2n) is 15.6. The Labute approximate surface area is 249 Å². The van der Waals surface area contributed by atoms with E-state index in [1.807, 2.05) is 13.8 Å². The number of cyclic esters (lactones) is 1. The predicted molar refractivity (Wildman–Crippen MR) is 154 cm³/mol. The van der Waals surface area contributed by atoms with Crippen molar-refractivity contribution in [3.63, 3.8) is 0 Å². The lowest BCUT2D eigenvalue weighted by atomic mass is 9.40. The third-order valence-corrected chi connectivity index (χ3v) is 12.3. The Bertz CT molecular complexity index is 1250. The van der Waals surface area contributed by atoms with Gasteiger partial charge in [0.25, 0.3) is 0 Å². The van der Waals surface area contributed by atoms with Crippen LogP contribution in [0.15, 0.2) is 23.8 Å². The minimum Gasteiger partial charge on any atom is -0.462 e. The number of carbonyl (C=O) groups excluding carboxylic acids is 3. The van der Waals surface area contributed by atoms with Crippen molar-refractivity contribution in [3.05, 3.63) is 23.8 Å². The number of esters is 3. The van der Waals surface area contributed by atoms with Crippen LogP contribution in [0.5, 0.6) is 0 Å². The summed E-state index contributed by atoms with van der Waals surface area (Å²) in [6.45, 7) is 18.0. The maximum atomic E-state index is 12.7. The standard InChI is InChI=1S/C34H48O8/c1-18(35)38-26-17-25-30(3,4)41-27(37)13-15-33(25,8)24-12-14-32(7)21(10-11-23(32)34(24,26)9)20-16-22(28-31(5,6)42-28)40-29(20)39-19(2)36/h11,13,15,20-22,24-26,28-29H,10,12,14,16-17H2,1-9H3/t20-,21-,22+,24+,25-,26+,28-,29-,32-,33+,34-/m0/s1. The highest BCUT2D eigenvalue weighted by molar-refractivity contribution is 5.83. The quantitative estimate of drug-likeness (QED) is 0.180. The molecule has 6 rings (SSSR count). The molecule has 0 radical (unpaired) electrons. The van der Waals surface area contributed by atoms with Crippen LogP contribution in [0, 0.1) is 39.9 Å². The normalized spacial score (nSPS) is 48.1. The van der Waals surface area contributed by atoms with Crippen molar-refractivity contribution in [3.8, 4) is 0 Å². The largest absolute Gasteiger partial charge is 0.462 e. The molecule has 0 N–H and O–H groups in total. The van der Waals surface area contributed by atoms with Crippen LogP contribution in [-0.2, 0) is 38.1 Å². The van der Waals surface area contributed by atoms with Crippen molar-refractivity contribution in [2.45, 2.75) is 130 Å². The molecule has 8 heteroatoms. The zero-order valence-corrected chi connectivity index (χ0v) is 26.7. The summed E-state index contributed by atoms with van der Waals surface area (Å²) in [6.07, 6.45) is 9.07. The van der Waals surface area contributed by atoms with Crippen molar-refractivity contribution < 1.29 is 38.1 Å². The molecule has 2 saturated heterocycles. The van der Waals surface area contributed by atoms with Gasteiger partial charge in [0.1, 0.15) is 17.8 Å². The minimum atomic E-state index is -0.714. The summed E-state index contributed by atoms with van der Waals surface area (Å²) >= 11 is 0. The van der Waals surface area contributed by atoms with E-state index in [1.165, 1.54) is 19.4 Å². The first-order valence-electron chi connectivity index (χ1n) is 15.7. The molecule has 8 nitrogen and oxygen atoms in total. The lowest BCUT2D eigenvalue weighted by Gasteiger charge is -2.65. The molecular formula is C34H48O8. The molecular weight excluding hydrogens is 536 g/mol. The number of carbonyl (C=O) groups is 3. The zero-order valence-electron chi connectivity index (χ0n) is 26.7. The van der Waals surface area contributed by atoms with Gasteiger partial charge in [0.2, 0.25) is 6.29 Å². The topological polar surface area (TPSA) is 101 Å². The van der Waals surface area contributed by atoms with Crippen molar-refractivity contribution in [1.82, 2.24) is 0 Å². The van der Waals surface area contributed by atoms with Crippen LogP contribution < -0.4 is 0 Å². The summed E-state index contributed by atoms with van der Waals surface area (Å²) in [4.78, 5) is 37.4. The molecule has 4 fully saturated rings. The van der Waals surface area contributed by atoms with Crippen molar-refractivity contribution in [1.29, 1.82) is 0 Å². The summed E-state index contributed by atoms with van der Waals surface area (Å²) in [6, 6.07) is 0. The van der Waals surface area contributed by atoms with Gasteiger partial charge in [-0.3, -0.25) is 9.59 Å². The van der Waals surface area contributed by atoms with Gasteiger partial charge in [-0.05, 0) is 82.5 Å². The van der Waals surface area contributed by atoms with Gasteiger partial charge >= 0.3 is 17.9 Å². The van der Waals surface area contributed by atoms with Crippen molar-refractivity contribution in [2.75, 3.05) is 0 Å². The number of hydrogen-bond acceptors (Lipinski definition) is 8. The molecule has 6 aliphatic rings. The Kier molecular flexibility index (Phi) is 6.69. The van der Waals surface area contributed by atoms with E-state index in [9.17, 15) is 14.4 Å². The third-order valence-electron chi connectivity index (χ3n) is 12.3. The molecule has 0 aromatic carbocycles. The molecule has 0 aromatic rings. The molecule has 0 spiro atoms. The smallest absolute Gasteiger partial charge is 0.330 e. The van der Waals surface area contributed by atoms with Crippen LogP contribution in [0.2, 0.25) is 0 Å². The molecule has 0 amide bonds. The second-order valence-corrected chi connectivity index (χ2v) is 15.6.